The standard InChI is InChI=1S/C16H18O7S2/c1-22-25(20,21)16-7-3-5-14(9-16)11-23-10-13-4-2-6-15(8-13)12-24(17,18)19/h2-9H,10-12H2,1H3,(H,17,18,19). The van der Waals surface area contributed by atoms with Gasteiger partial charge in [-0.1, -0.05) is 36.4 Å². The molecule has 0 atom stereocenters. The molecule has 2 rings (SSSR count). The van der Waals surface area contributed by atoms with Gasteiger partial charge in [0.05, 0.1) is 25.2 Å². The van der Waals surface area contributed by atoms with Crippen molar-refractivity contribution >= 4 is 20.2 Å². The minimum absolute atomic E-state index is 0.0475. The monoisotopic (exact) mass is 386 g/mol. The van der Waals surface area contributed by atoms with Gasteiger partial charge in [-0.2, -0.15) is 16.8 Å². The number of benzene rings is 2. The smallest absolute Gasteiger partial charge is 0.296 e. The summed E-state index contributed by atoms with van der Waals surface area (Å²) in [6, 6.07) is 12.9. The average molecular weight is 386 g/mol. The van der Waals surface area contributed by atoms with E-state index in [0.717, 1.165) is 12.7 Å². The van der Waals surface area contributed by atoms with Crippen LogP contribution in [-0.2, 0) is 48.1 Å². The van der Waals surface area contributed by atoms with E-state index in [1.54, 1.807) is 36.4 Å². The Balaban J connectivity index is 2.00. The Morgan fingerprint density at radius 1 is 0.880 bits per heavy atom. The van der Waals surface area contributed by atoms with Crippen molar-refractivity contribution in [1.82, 2.24) is 0 Å². The van der Waals surface area contributed by atoms with Crippen LogP contribution in [0.1, 0.15) is 16.7 Å². The van der Waals surface area contributed by atoms with E-state index in [9.17, 15) is 16.8 Å². The molecule has 0 spiro atoms. The Labute approximate surface area is 147 Å². The molecular weight excluding hydrogens is 368 g/mol. The third-order valence-corrected chi connectivity index (χ3v) is 5.25. The fraction of sp³-hybridized carbons (Fsp3) is 0.250. The van der Waals surface area contributed by atoms with Crippen LogP contribution in [0, 0.1) is 0 Å². The third-order valence-electron chi connectivity index (χ3n) is 3.28. The van der Waals surface area contributed by atoms with Gasteiger partial charge in [-0.05, 0) is 28.8 Å². The highest BCUT2D eigenvalue weighted by molar-refractivity contribution is 7.86. The van der Waals surface area contributed by atoms with E-state index in [1.165, 1.54) is 12.1 Å². The molecule has 0 aliphatic carbocycles. The summed E-state index contributed by atoms with van der Waals surface area (Å²) in [6.07, 6.45) is 0. The summed E-state index contributed by atoms with van der Waals surface area (Å²) in [5, 5.41) is 0. The topological polar surface area (TPSA) is 107 Å². The first-order valence-corrected chi connectivity index (χ1v) is 10.2. The van der Waals surface area contributed by atoms with Crippen LogP contribution in [0.4, 0.5) is 0 Å². The van der Waals surface area contributed by atoms with Crippen LogP contribution in [0.2, 0.25) is 0 Å². The predicted octanol–water partition coefficient (Wildman–Crippen LogP) is 2.13. The second kappa shape index (κ2) is 8.07. The Morgan fingerprint density at radius 2 is 1.44 bits per heavy atom. The normalized spacial score (nSPS) is 12.2. The van der Waals surface area contributed by atoms with Gasteiger partial charge in [0.25, 0.3) is 20.2 Å². The quantitative estimate of drug-likeness (QED) is 0.547. The third kappa shape index (κ3) is 6.22. The van der Waals surface area contributed by atoms with Crippen molar-refractivity contribution in [2.45, 2.75) is 23.9 Å². The fourth-order valence-corrected chi connectivity index (χ4v) is 3.53. The van der Waals surface area contributed by atoms with E-state index in [4.69, 9.17) is 9.29 Å². The van der Waals surface area contributed by atoms with Gasteiger partial charge in [-0.25, -0.2) is 0 Å². The molecule has 0 radical (unpaired) electrons. The Hall–Kier alpha value is -1.78. The molecule has 2 aromatic rings. The predicted molar refractivity (Wildman–Crippen MR) is 90.8 cm³/mol. The minimum atomic E-state index is -4.09. The summed E-state index contributed by atoms with van der Waals surface area (Å²) >= 11 is 0. The van der Waals surface area contributed by atoms with Gasteiger partial charge in [0.15, 0.2) is 0 Å². The molecule has 25 heavy (non-hydrogen) atoms. The summed E-state index contributed by atoms with van der Waals surface area (Å²) in [6.45, 7) is 0.385. The van der Waals surface area contributed by atoms with E-state index in [0.29, 0.717) is 11.1 Å². The van der Waals surface area contributed by atoms with Crippen molar-refractivity contribution in [2.75, 3.05) is 7.11 Å². The summed E-state index contributed by atoms with van der Waals surface area (Å²) in [4.78, 5) is 0.0475. The maximum absolute atomic E-state index is 11.7. The summed E-state index contributed by atoms with van der Waals surface area (Å²) in [5.41, 5.74) is 1.85. The fourth-order valence-electron chi connectivity index (χ4n) is 2.19. The zero-order chi connectivity index (χ0) is 18.5. The number of hydrogen-bond acceptors (Lipinski definition) is 6. The largest absolute Gasteiger partial charge is 0.372 e. The maximum atomic E-state index is 11.7. The Morgan fingerprint density at radius 3 is 2.04 bits per heavy atom. The van der Waals surface area contributed by atoms with Crippen molar-refractivity contribution in [3.8, 4) is 0 Å². The first-order chi connectivity index (χ1) is 11.7. The highest BCUT2D eigenvalue weighted by Crippen LogP contribution is 2.15. The van der Waals surface area contributed by atoms with Crippen LogP contribution in [0.15, 0.2) is 53.4 Å². The van der Waals surface area contributed by atoms with E-state index in [2.05, 4.69) is 4.18 Å². The van der Waals surface area contributed by atoms with Crippen molar-refractivity contribution < 1.29 is 30.3 Å². The highest BCUT2D eigenvalue weighted by atomic mass is 32.2. The molecule has 0 bridgehead atoms. The zero-order valence-corrected chi connectivity index (χ0v) is 15.1. The minimum Gasteiger partial charge on any atom is -0.372 e. The molecular formula is C16H18O7S2. The lowest BCUT2D eigenvalue weighted by molar-refractivity contribution is 0.107. The molecule has 0 amide bonds. The lowest BCUT2D eigenvalue weighted by Crippen LogP contribution is -2.04. The molecule has 0 saturated carbocycles. The van der Waals surface area contributed by atoms with Crippen LogP contribution < -0.4 is 0 Å². The molecule has 0 saturated heterocycles. The van der Waals surface area contributed by atoms with Crippen LogP contribution >= 0.6 is 0 Å². The van der Waals surface area contributed by atoms with Crippen LogP contribution in [0.3, 0.4) is 0 Å². The molecule has 0 aliphatic rings. The second-order valence-electron chi connectivity index (χ2n) is 5.31. The number of hydrogen-bond donors (Lipinski definition) is 1. The molecule has 2 aromatic carbocycles. The maximum Gasteiger partial charge on any atom is 0.296 e. The van der Waals surface area contributed by atoms with Gasteiger partial charge in [0.1, 0.15) is 5.75 Å². The average Bonchev–Trinajstić information content (AvgIpc) is 2.54. The van der Waals surface area contributed by atoms with Crippen LogP contribution in [0.25, 0.3) is 0 Å². The summed E-state index contributed by atoms with van der Waals surface area (Å²) < 4.78 is 64.1. The molecule has 0 fully saturated rings. The van der Waals surface area contributed by atoms with E-state index in [1.807, 2.05) is 0 Å². The van der Waals surface area contributed by atoms with E-state index in [-0.39, 0.29) is 18.1 Å². The molecule has 0 heterocycles. The SMILES string of the molecule is COS(=O)(=O)c1cccc(COCc2cccc(CS(=O)(=O)O)c2)c1. The lowest BCUT2D eigenvalue weighted by Gasteiger charge is -2.08. The molecule has 0 aliphatic heterocycles. The van der Waals surface area contributed by atoms with E-state index < -0.39 is 26.0 Å². The first-order valence-electron chi connectivity index (χ1n) is 7.20. The van der Waals surface area contributed by atoms with Crippen LogP contribution in [0.5, 0.6) is 0 Å². The second-order valence-corrected chi connectivity index (χ2v) is 8.47. The molecule has 9 heteroatoms. The van der Waals surface area contributed by atoms with Gasteiger partial charge >= 0.3 is 0 Å². The summed E-state index contributed by atoms with van der Waals surface area (Å²) in [7, 11) is -6.75. The zero-order valence-electron chi connectivity index (χ0n) is 13.5. The molecule has 0 unspecified atom stereocenters. The first kappa shape index (κ1) is 19.5. The van der Waals surface area contributed by atoms with Gasteiger partial charge in [0, 0.05) is 0 Å². The number of ether oxygens (including phenoxy) is 1. The lowest BCUT2D eigenvalue weighted by atomic mass is 10.1. The molecule has 1 N–H and O–H groups in total. The van der Waals surface area contributed by atoms with Crippen molar-refractivity contribution in [3.63, 3.8) is 0 Å². The Kier molecular flexibility index (Phi) is 6.31. The van der Waals surface area contributed by atoms with Gasteiger partial charge in [-0.15, -0.1) is 0 Å². The van der Waals surface area contributed by atoms with Crippen LogP contribution in [-0.4, -0.2) is 28.5 Å². The highest BCUT2D eigenvalue weighted by Gasteiger charge is 2.13. The van der Waals surface area contributed by atoms with E-state index >= 15 is 0 Å². The van der Waals surface area contributed by atoms with Gasteiger partial charge < -0.3 is 4.74 Å². The molecule has 7 nitrogen and oxygen atoms in total. The van der Waals surface area contributed by atoms with Gasteiger partial charge in [-0.3, -0.25) is 8.74 Å². The number of rotatable bonds is 8. The van der Waals surface area contributed by atoms with Crippen molar-refractivity contribution in [3.05, 3.63) is 65.2 Å². The molecule has 136 valence electrons. The summed E-state index contributed by atoms with van der Waals surface area (Å²) in [5.74, 6) is -0.461. The Bertz CT molecular complexity index is 934. The molecule has 0 aromatic heterocycles. The van der Waals surface area contributed by atoms with Crippen molar-refractivity contribution in [1.29, 1.82) is 0 Å². The van der Waals surface area contributed by atoms with Crippen molar-refractivity contribution in [2.24, 2.45) is 0 Å². The van der Waals surface area contributed by atoms with Gasteiger partial charge in [0.2, 0.25) is 0 Å².